The van der Waals surface area contributed by atoms with Crippen LogP contribution in [-0.2, 0) is 9.59 Å². The molecule has 2 rings (SSSR count). The third-order valence-electron chi connectivity index (χ3n) is 4.81. The molecule has 1 saturated heterocycles. The lowest BCUT2D eigenvalue weighted by Gasteiger charge is -2.31. The van der Waals surface area contributed by atoms with E-state index in [1.54, 1.807) is 0 Å². The zero-order valence-corrected chi connectivity index (χ0v) is 14.3. The molecule has 2 amide bonds. The molecule has 0 radical (unpaired) electrons. The van der Waals surface area contributed by atoms with Crippen LogP contribution in [0.5, 0.6) is 0 Å². The van der Waals surface area contributed by atoms with Crippen LogP contribution < -0.4 is 16.0 Å². The molecule has 0 spiro atoms. The quantitative estimate of drug-likeness (QED) is 0.755. The fourth-order valence-electron chi connectivity index (χ4n) is 3.12. The predicted octanol–water partition coefficient (Wildman–Crippen LogP) is 0.917. The largest absolute Gasteiger partial charge is 0.369 e. The third-order valence-corrected chi connectivity index (χ3v) is 4.81. The van der Waals surface area contributed by atoms with Gasteiger partial charge in [0.15, 0.2) is 6.04 Å². The monoisotopic (exact) mass is 318 g/mol. The number of hydrogen-bond donors (Lipinski definition) is 3. The highest BCUT2D eigenvalue weighted by Gasteiger charge is 2.33. The molecule has 1 unspecified atom stereocenters. The second-order valence-electron chi connectivity index (χ2n) is 6.84. The Morgan fingerprint density at radius 2 is 1.87 bits per heavy atom. The number of nitrogens with one attached hydrogen (secondary N) is 2. The van der Waals surface area contributed by atoms with E-state index in [-0.39, 0.29) is 23.8 Å². The zero-order valence-electron chi connectivity index (χ0n) is 14.3. The third kappa shape index (κ3) is 4.55. The summed E-state index contributed by atoms with van der Waals surface area (Å²) in [6, 6.07) is 7.78. The predicted molar refractivity (Wildman–Crippen MR) is 91.2 cm³/mol. The number of carbonyl (C=O) groups is 2. The van der Waals surface area contributed by atoms with E-state index < -0.39 is 0 Å². The Labute approximate surface area is 138 Å². The maximum atomic E-state index is 12.5. The Hall–Kier alpha value is -1.88. The Bertz CT molecular complexity index is 554. The van der Waals surface area contributed by atoms with Gasteiger partial charge in [0.2, 0.25) is 5.91 Å². The van der Waals surface area contributed by atoms with Crippen molar-refractivity contribution in [2.75, 3.05) is 18.4 Å². The number of anilines is 1. The van der Waals surface area contributed by atoms with Gasteiger partial charge >= 0.3 is 0 Å². The number of primary amides is 1. The van der Waals surface area contributed by atoms with E-state index in [1.165, 1.54) is 5.56 Å². The van der Waals surface area contributed by atoms with Crippen molar-refractivity contribution in [2.45, 2.75) is 45.6 Å². The van der Waals surface area contributed by atoms with E-state index in [2.05, 4.69) is 19.2 Å². The number of rotatable bonds is 5. The van der Waals surface area contributed by atoms with Crippen molar-refractivity contribution >= 4 is 17.5 Å². The molecule has 0 aliphatic carbocycles. The molecular formula is C18H28N3O2+. The van der Waals surface area contributed by atoms with Crippen molar-refractivity contribution in [3.63, 3.8) is 0 Å². The fourth-order valence-corrected chi connectivity index (χ4v) is 3.12. The molecule has 1 heterocycles. The summed E-state index contributed by atoms with van der Waals surface area (Å²) in [5.74, 6) is 0.100. The summed E-state index contributed by atoms with van der Waals surface area (Å²) < 4.78 is 0. The number of nitrogens with two attached hydrogens (primary N) is 1. The van der Waals surface area contributed by atoms with Gasteiger partial charge in [-0.05, 0) is 43.4 Å². The van der Waals surface area contributed by atoms with Crippen LogP contribution in [0.3, 0.4) is 0 Å². The summed E-state index contributed by atoms with van der Waals surface area (Å²) >= 11 is 0. The molecule has 4 N–H and O–H groups in total. The Kier molecular flexibility index (Phi) is 5.77. The summed E-state index contributed by atoms with van der Waals surface area (Å²) in [4.78, 5) is 25.0. The molecular weight excluding hydrogens is 290 g/mol. The second kappa shape index (κ2) is 7.59. The topological polar surface area (TPSA) is 76.6 Å². The molecule has 1 aromatic rings. The zero-order chi connectivity index (χ0) is 17.0. The van der Waals surface area contributed by atoms with Gasteiger partial charge in [-0.1, -0.05) is 26.0 Å². The van der Waals surface area contributed by atoms with Gasteiger partial charge in [0.25, 0.3) is 5.91 Å². The lowest BCUT2D eigenvalue weighted by Crippen LogP contribution is -3.18. The minimum Gasteiger partial charge on any atom is -0.369 e. The van der Waals surface area contributed by atoms with Crippen molar-refractivity contribution in [1.82, 2.24) is 0 Å². The lowest BCUT2D eigenvalue weighted by atomic mass is 9.96. The fraction of sp³-hybridized carbons (Fsp3) is 0.556. The maximum Gasteiger partial charge on any atom is 0.282 e. The summed E-state index contributed by atoms with van der Waals surface area (Å²) in [6.07, 6.45) is 1.77. The highest BCUT2D eigenvalue weighted by atomic mass is 16.2. The van der Waals surface area contributed by atoms with Gasteiger partial charge in [0, 0.05) is 5.69 Å². The van der Waals surface area contributed by atoms with Crippen LogP contribution in [0, 0.1) is 5.92 Å². The Balaban J connectivity index is 1.95. The van der Waals surface area contributed by atoms with E-state index in [9.17, 15) is 9.59 Å². The van der Waals surface area contributed by atoms with E-state index >= 15 is 0 Å². The van der Waals surface area contributed by atoms with Crippen LogP contribution in [0.15, 0.2) is 24.3 Å². The maximum absolute atomic E-state index is 12.5. The van der Waals surface area contributed by atoms with Crippen molar-refractivity contribution in [3.8, 4) is 0 Å². The molecule has 0 saturated carbocycles. The van der Waals surface area contributed by atoms with Crippen molar-refractivity contribution in [3.05, 3.63) is 29.8 Å². The van der Waals surface area contributed by atoms with Crippen molar-refractivity contribution in [1.29, 1.82) is 0 Å². The minimum absolute atomic E-state index is 0.0117. The number of hydrogen-bond acceptors (Lipinski definition) is 2. The molecule has 5 nitrogen and oxygen atoms in total. The van der Waals surface area contributed by atoms with Gasteiger partial charge in [-0.2, -0.15) is 0 Å². The Morgan fingerprint density at radius 3 is 2.43 bits per heavy atom. The Morgan fingerprint density at radius 1 is 1.22 bits per heavy atom. The molecule has 1 aliphatic heterocycles. The first-order chi connectivity index (χ1) is 10.9. The summed E-state index contributed by atoms with van der Waals surface area (Å²) in [7, 11) is 0. The van der Waals surface area contributed by atoms with Crippen LogP contribution in [0.2, 0.25) is 0 Å². The SMILES string of the molecule is CC(C)c1ccc(NC(=O)[C@H](C)[NH+]2CCC[C@H](C(N)=O)C2)cc1. The van der Waals surface area contributed by atoms with Gasteiger partial charge in [0.1, 0.15) is 0 Å². The van der Waals surface area contributed by atoms with Crippen LogP contribution in [0.25, 0.3) is 0 Å². The standard InChI is InChI=1S/C18H27N3O2/c1-12(2)14-6-8-16(9-7-14)20-18(23)13(3)21-10-4-5-15(11-21)17(19)22/h6-9,12-13,15H,4-5,10-11H2,1-3H3,(H2,19,22)(H,20,23)/p+1/t13-,15-/m0/s1. The van der Waals surface area contributed by atoms with Crippen LogP contribution in [-0.4, -0.2) is 30.9 Å². The van der Waals surface area contributed by atoms with E-state index in [4.69, 9.17) is 5.73 Å². The highest BCUT2D eigenvalue weighted by molar-refractivity contribution is 5.93. The molecule has 1 aliphatic rings. The van der Waals surface area contributed by atoms with Crippen LogP contribution >= 0.6 is 0 Å². The summed E-state index contributed by atoms with van der Waals surface area (Å²) in [5, 5.41) is 2.97. The normalized spacial score (nSPS) is 22.6. The van der Waals surface area contributed by atoms with Gasteiger partial charge < -0.3 is 16.0 Å². The first-order valence-corrected chi connectivity index (χ1v) is 8.43. The van der Waals surface area contributed by atoms with E-state index in [0.29, 0.717) is 12.5 Å². The van der Waals surface area contributed by atoms with E-state index in [1.807, 2.05) is 31.2 Å². The molecule has 0 bridgehead atoms. The molecule has 1 aromatic carbocycles. The first kappa shape index (κ1) is 17.5. The first-order valence-electron chi connectivity index (χ1n) is 8.43. The summed E-state index contributed by atoms with van der Waals surface area (Å²) in [5.41, 5.74) is 7.48. The van der Waals surface area contributed by atoms with Crippen LogP contribution in [0.1, 0.15) is 45.1 Å². The van der Waals surface area contributed by atoms with Crippen LogP contribution in [0.4, 0.5) is 5.69 Å². The lowest BCUT2D eigenvalue weighted by molar-refractivity contribution is -0.921. The second-order valence-corrected chi connectivity index (χ2v) is 6.84. The molecule has 126 valence electrons. The number of amides is 2. The van der Waals surface area contributed by atoms with Gasteiger partial charge in [-0.25, -0.2) is 0 Å². The molecule has 23 heavy (non-hydrogen) atoms. The number of quaternary nitrogens is 1. The highest BCUT2D eigenvalue weighted by Crippen LogP contribution is 2.17. The van der Waals surface area contributed by atoms with Crippen molar-refractivity contribution < 1.29 is 14.5 Å². The van der Waals surface area contributed by atoms with Gasteiger partial charge in [0.05, 0.1) is 19.0 Å². The number of benzene rings is 1. The minimum atomic E-state index is -0.251. The number of carbonyl (C=O) groups excluding carboxylic acids is 2. The molecule has 5 heteroatoms. The molecule has 0 aromatic heterocycles. The van der Waals surface area contributed by atoms with Gasteiger partial charge in [-0.15, -0.1) is 0 Å². The average molecular weight is 318 g/mol. The number of likely N-dealkylation sites (tertiary alicyclic amines) is 1. The van der Waals surface area contributed by atoms with Gasteiger partial charge in [-0.3, -0.25) is 9.59 Å². The average Bonchev–Trinajstić information content (AvgIpc) is 2.54. The van der Waals surface area contributed by atoms with Crippen molar-refractivity contribution in [2.24, 2.45) is 11.7 Å². The smallest absolute Gasteiger partial charge is 0.282 e. The number of piperidine rings is 1. The summed E-state index contributed by atoms with van der Waals surface area (Å²) in [6.45, 7) is 7.76. The molecule has 3 atom stereocenters. The molecule has 1 fully saturated rings. The van der Waals surface area contributed by atoms with E-state index in [0.717, 1.165) is 30.0 Å².